The number of thiazole rings is 1. The average Bonchev–Trinajstić information content (AvgIpc) is 3.22. The molecule has 3 aromatic rings. The standard InChI is InChI=1S/C18H15ClF2N2O3S2/c1-25-12-4-3-11(16(7-12)26-2)10-23(18-22-5-6-27-18)28(24)17-8-13(19)14(20)9-15(17)21/h3-9H,10H2,1-2H3. The molecule has 1 aromatic heterocycles. The van der Waals surface area contributed by atoms with E-state index in [4.69, 9.17) is 21.1 Å². The maximum Gasteiger partial charge on any atom is 0.197 e. The number of hydrogen-bond acceptors (Lipinski definition) is 5. The predicted octanol–water partition coefficient (Wildman–Crippen LogP) is 4.82. The van der Waals surface area contributed by atoms with Crippen LogP contribution in [0.4, 0.5) is 13.9 Å². The lowest BCUT2D eigenvalue weighted by atomic mass is 10.2. The first-order valence-electron chi connectivity index (χ1n) is 7.89. The predicted molar refractivity (Wildman–Crippen MR) is 106 cm³/mol. The Kier molecular flexibility index (Phi) is 6.48. The van der Waals surface area contributed by atoms with Crippen LogP contribution in [0.2, 0.25) is 5.02 Å². The van der Waals surface area contributed by atoms with Gasteiger partial charge < -0.3 is 9.47 Å². The van der Waals surface area contributed by atoms with Gasteiger partial charge in [0.25, 0.3) is 0 Å². The van der Waals surface area contributed by atoms with E-state index in [1.807, 2.05) is 0 Å². The van der Waals surface area contributed by atoms with Crippen LogP contribution in [0.15, 0.2) is 46.8 Å². The third-order valence-corrected chi connectivity index (χ3v) is 6.40. The van der Waals surface area contributed by atoms with Gasteiger partial charge in [-0.25, -0.2) is 18.0 Å². The third-order valence-electron chi connectivity index (χ3n) is 3.80. The average molecular weight is 445 g/mol. The molecule has 0 aliphatic carbocycles. The fourth-order valence-electron chi connectivity index (χ4n) is 2.43. The van der Waals surface area contributed by atoms with E-state index in [0.29, 0.717) is 28.3 Å². The van der Waals surface area contributed by atoms with Gasteiger partial charge in [-0.05, 0) is 18.2 Å². The summed E-state index contributed by atoms with van der Waals surface area (Å²) in [5.74, 6) is -0.768. The van der Waals surface area contributed by atoms with Gasteiger partial charge in [0.1, 0.15) is 23.1 Å². The minimum absolute atomic E-state index is 0.0989. The Labute approximate surface area is 172 Å². The summed E-state index contributed by atoms with van der Waals surface area (Å²) in [7, 11) is 1.01. The fraction of sp³-hybridized carbons (Fsp3) is 0.167. The first-order valence-corrected chi connectivity index (χ1v) is 10.3. The summed E-state index contributed by atoms with van der Waals surface area (Å²) in [5.41, 5.74) is 0.681. The number of rotatable bonds is 7. The monoisotopic (exact) mass is 444 g/mol. The van der Waals surface area contributed by atoms with Crippen LogP contribution < -0.4 is 13.8 Å². The molecule has 10 heteroatoms. The van der Waals surface area contributed by atoms with E-state index < -0.39 is 22.6 Å². The van der Waals surface area contributed by atoms with E-state index >= 15 is 0 Å². The number of aromatic nitrogens is 1. The highest BCUT2D eigenvalue weighted by Gasteiger charge is 2.24. The minimum atomic E-state index is -2.03. The Hall–Kier alpha value is -2.23. The lowest BCUT2D eigenvalue weighted by molar-refractivity contribution is 0.391. The van der Waals surface area contributed by atoms with Crippen molar-refractivity contribution >= 4 is 39.1 Å². The van der Waals surface area contributed by atoms with Gasteiger partial charge in [0.2, 0.25) is 0 Å². The molecule has 0 bridgehead atoms. The zero-order valence-electron chi connectivity index (χ0n) is 14.8. The topological polar surface area (TPSA) is 51.7 Å². The molecule has 0 saturated carbocycles. The van der Waals surface area contributed by atoms with E-state index in [1.54, 1.807) is 29.8 Å². The van der Waals surface area contributed by atoms with Crippen molar-refractivity contribution in [2.45, 2.75) is 11.4 Å². The summed E-state index contributed by atoms with van der Waals surface area (Å²) >= 11 is 6.99. The smallest absolute Gasteiger partial charge is 0.197 e. The van der Waals surface area contributed by atoms with E-state index in [1.165, 1.54) is 29.9 Å². The van der Waals surface area contributed by atoms with Gasteiger partial charge in [0.15, 0.2) is 16.1 Å². The van der Waals surface area contributed by atoms with Crippen molar-refractivity contribution in [3.8, 4) is 11.5 Å². The summed E-state index contributed by atoms with van der Waals surface area (Å²) in [6.07, 6.45) is 1.55. The summed E-state index contributed by atoms with van der Waals surface area (Å²) in [6.45, 7) is 0.0989. The first kappa shape index (κ1) is 20.5. The van der Waals surface area contributed by atoms with Crippen LogP contribution >= 0.6 is 22.9 Å². The number of benzene rings is 2. The number of halogens is 3. The van der Waals surface area contributed by atoms with Crippen molar-refractivity contribution in [2.75, 3.05) is 18.5 Å². The van der Waals surface area contributed by atoms with E-state index in [0.717, 1.165) is 6.07 Å². The summed E-state index contributed by atoms with van der Waals surface area (Å²) < 4.78 is 52.9. The third kappa shape index (κ3) is 4.26. The molecular formula is C18H15ClF2N2O3S2. The van der Waals surface area contributed by atoms with Crippen molar-refractivity contribution in [2.24, 2.45) is 0 Å². The van der Waals surface area contributed by atoms with Gasteiger partial charge in [-0.2, -0.15) is 0 Å². The largest absolute Gasteiger partial charge is 0.497 e. The van der Waals surface area contributed by atoms with Crippen molar-refractivity contribution in [1.82, 2.24) is 4.98 Å². The normalized spacial score (nSPS) is 11.9. The molecule has 5 nitrogen and oxygen atoms in total. The number of ether oxygens (including phenoxy) is 2. The van der Waals surface area contributed by atoms with Crippen LogP contribution in [-0.2, 0) is 17.5 Å². The SMILES string of the molecule is COc1ccc(CN(c2nccs2)S(=O)c2cc(Cl)c(F)cc2F)c(OC)c1. The van der Waals surface area contributed by atoms with Crippen LogP contribution in [-0.4, -0.2) is 23.4 Å². The maximum absolute atomic E-state index is 14.3. The quantitative estimate of drug-likeness (QED) is 0.490. The van der Waals surface area contributed by atoms with Crippen LogP contribution in [0.3, 0.4) is 0 Å². The number of nitrogens with zero attached hydrogens (tertiary/aromatic N) is 2. The van der Waals surface area contributed by atoms with Gasteiger partial charge >= 0.3 is 0 Å². The molecule has 1 heterocycles. The molecule has 1 atom stereocenters. The Morgan fingerprint density at radius 1 is 1.18 bits per heavy atom. The highest BCUT2D eigenvalue weighted by molar-refractivity contribution is 7.86. The molecule has 28 heavy (non-hydrogen) atoms. The van der Waals surface area contributed by atoms with Crippen molar-refractivity contribution in [1.29, 1.82) is 0 Å². The zero-order chi connectivity index (χ0) is 20.3. The second kappa shape index (κ2) is 8.85. The fourth-order valence-corrected chi connectivity index (χ4v) is 4.67. The molecule has 0 spiro atoms. The van der Waals surface area contributed by atoms with E-state index in [9.17, 15) is 13.0 Å². The number of hydrogen-bond donors (Lipinski definition) is 0. The Balaban J connectivity index is 2.02. The van der Waals surface area contributed by atoms with Crippen LogP contribution in [0.5, 0.6) is 11.5 Å². The van der Waals surface area contributed by atoms with Crippen molar-refractivity contribution in [3.63, 3.8) is 0 Å². The molecule has 2 aromatic carbocycles. The number of methoxy groups -OCH3 is 2. The second-order valence-electron chi connectivity index (χ2n) is 5.47. The summed E-state index contributed by atoms with van der Waals surface area (Å²) in [5, 5.41) is 1.79. The molecule has 0 aliphatic heterocycles. The van der Waals surface area contributed by atoms with Gasteiger partial charge in [-0.1, -0.05) is 11.6 Å². The molecule has 0 radical (unpaired) electrons. The Morgan fingerprint density at radius 3 is 2.61 bits per heavy atom. The highest BCUT2D eigenvalue weighted by atomic mass is 35.5. The van der Waals surface area contributed by atoms with Gasteiger partial charge in [0.05, 0.1) is 30.7 Å². The molecule has 0 N–H and O–H groups in total. The van der Waals surface area contributed by atoms with Crippen molar-refractivity contribution in [3.05, 3.63) is 64.1 Å². The maximum atomic E-state index is 14.3. The van der Waals surface area contributed by atoms with Crippen molar-refractivity contribution < 1.29 is 22.5 Å². The molecular weight excluding hydrogens is 430 g/mol. The first-order chi connectivity index (χ1) is 13.4. The summed E-state index contributed by atoms with van der Waals surface area (Å²) in [4.78, 5) is 3.93. The zero-order valence-corrected chi connectivity index (χ0v) is 17.2. The molecule has 0 saturated heterocycles. The summed E-state index contributed by atoms with van der Waals surface area (Å²) in [6, 6.07) is 6.81. The molecule has 0 amide bonds. The molecule has 0 fully saturated rings. The minimum Gasteiger partial charge on any atom is -0.497 e. The van der Waals surface area contributed by atoms with Crippen LogP contribution in [0, 0.1) is 11.6 Å². The molecule has 0 aliphatic rings. The molecule has 148 valence electrons. The van der Waals surface area contributed by atoms with Gasteiger partial charge in [-0.3, -0.25) is 4.31 Å². The highest BCUT2D eigenvalue weighted by Crippen LogP contribution is 2.32. The van der Waals surface area contributed by atoms with E-state index in [-0.39, 0.29) is 16.5 Å². The van der Waals surface area contributed by atoms with Gasteiger partial charge in [0, 0.05) is 29.3 Å². The molecule has 3 rings (SSSR count). The second-order valence-corrected chi connectivity index (χ2v) is 8.13. The van der Waals surface area contributed by atoms with Crippen LogP contribution in [0.25, 0.3) is 0 Å². The van der Waals surface area contributed by atoms with Crippen LogP contribution in [0.1, 0.15) is 5.56 Å². The lowest BCUT2D eigenvalue weighted by Crippen LogP contribution is -2.26. The van der Waals surface area contributed by atoms with Gasteiger partial charge in [-0.15, -0.1) is 11.3 Å². The molecule has 1 unspecified atom stereocenters. The van der Waals surface area contributed by atoms with E-state index in [2.05, 4.69) is 4.98 Å². The lowest BCUT2D eigenvalue weighted by Gasteiger charge is -2.22. The Bertz CT molecular complexity index is 1000. The number of anilines is 1. The Morgan fingerprint density at radius 2 is 1.96 bits per heavy atom.